The lowest BCUT2D eigenvalue weighted by Gasteiger charge is -2.23. The number of nitrogens with one attached hydrogen (secondary N) is 1. The lowest BCUT2D eigenvalue weighted by atomic mass is 9.90. The Morgan fingerprint density at radius 2 is 2.00 bits per heavy atom. The van der Waals surface area contributed by atoms with E-state index in [1.165, 1.54) is 0 Å². The second kappa shape index (κ2) is 5.53. The van der Waals surface area contributed by atoms with Crippen molar-refractivity contribution in [3.8, 4) is 0 Å². The summed E-state index contributed by atoms with van der Waals surface area (Å²) in [5.74, 6) is -0.844. The molecule has 1 aromatic carbocycles. The van der Waals surface area contributed by atoms with Gasteiger partial charge in [0.1, 0.15) is 0 Å². The van der Waals surface area contributed by atoms with Crippen LogP contribution in [0.25, 0.3) is 0 Å². The van der Waals surface area contributed by atoms with Crippen LogP contribution in [0.2, 0.25) is 0 Å². The molecule has 0 bridgehead atoms. The van der Waals surface area contributed by atoms with Crippen molar-refractivity contribution in [2.24, 2.45) is 5.41 Å². The number of urea groups is 1. The van der Waals surface area contributed by atoms with Crippen LogP contribution in [0.4, 0.5) is 4.79 Å². The smallest absolute Gasteiger partial charge is 0.317 e. The van der Waals surface area contributed by atoms with E-state index in [1.54, 1.807) is 11.8 Å². The molecular weight excluding hydrogens is 256 g/mol. The summed E-state index contributed by atoms with van der Waals surface area (Å²) in [5.41, 5.74) is 0.203. The summed E-state index contributed by atoms with van der Waals surface area (Å²) in [6, 6.07) is 9.39. The number of hydrogen-bond acceptors (Lipinski definition) is 2. The molecular formula is C15H20N2O3. The van der Waals surface area contributed by atoms with E-state index < -0.39 is 11.4 Å². The van der Waals surface area contributed by atoms with E-state index in [2.05, 4.69) is 5.32 Å². The van der Waals surface area contributed by atoms with E-state index in [1.807, 2.05) is 37.3 Å². The molecule has 5 heteroatoms. The second-order valence-electron chi connectivity index (χ2n) is 5.62. The van der Waals surface area contributed by atoms with Gasteiger partial charge in [-0.3, -0.25) is 4.79 Å². The summed E-state index contributed by atoms with van der Waals surface area (Å²) in [6.07, 6.45) is 0.496. The van der Waals surface area contributed by atoms with Crippen LogP contribution >= 0.6 is 0 Å². The summed E-state index contributed by atoms with van der Waals surface area (Å²) >= 11 is 0. The molecule has 2 atom stereocenters. The van der Waals surface area contributed by atoms with Gasteiger partial charge in [-0.25, -0.2) is 4.79 Å². The molecule has 0 radical (unpaired) electrons. The molecule has 1 heterocycles. The zero-order valence-corrected chi connectivity index (χ0v) is 11.8. The van der Waals surface area contributed by atoms with E-state index in [0.717, 1.165) is 5.56 Å². The van der Waals surface area contributed by atoms with Gasteiger partial charge in [-0.2, -0.15) is 0 Å². The molecule has 0 spiro atoms. The van der Waals surface area contributed by atoms with Crippen LogP contribution in [0.1, 0.15) is 31.9 Å². The van der Waals surface area contributed by atoms with E-state index >= 15 is 0 Å². The maximum Gasteiger partial charge on any atom is 0.317 e. The summed E-state index contributed by atoms with van der Waals surface area (Å²) in [6.45, 7) is 4.34. The highest BCUT2D eigenvalue weighted by molar-refractivity contribution is 5.79. The number of benzene rings is 1. The highest BCUT2D eigenvalue weighted by atomic mass is 16.4. The van der Waals surface area contributed by atoms with Crippen LogP contribution in [0, 0.1) is 5.41 Å². The first-order valence-electron chi connectivity index (χ1n) is 6.76. The van der Waals surface area contributed by atoms with Crippen molar-refractivity contribution in [2.75, 3.05) is 13.1 Å². The predicted molar refractivity (Wildman–Crippen MR) is 75.3 cm³/mol. The fourth-order valence-corrected chi connectivity index (χ4v) is 2.41. The number of rotatable bonds is 3. The molecule has 5 nitrogen and oxygen atoms in total. The highest BCUT2D eigenvalue weighted by Gasteiger charge is 2.42. The van der Waals surface area contributed by atoms with Crippen LogP contribution in [0.3, 0.4) is 0 Å². The van der Waals surface area contributed by atoms with Crippen molar-refractivity contribution in [3.05, 3.63) is 35.9 Å². The fourth-order valence-electron chi connectivity index (χ4n) is 2.41. The Labute approximate surface area is 118 Å². The van der Waals surface area contributed by atoms with Crippen molar-refractivity contribution in [1.82, 2.24) is 10.2 Å². The summed E-state index contributed by atoms with van der Waals surface area (Å²) < 4.78 is 0. The van der Waals surface area contributed by atoms with Crippen LogP contribution in [0.15, 0.2) is 30.3 Å². The van der Waals surface area contributed by atoms with Crippen LogP contribution in [-0.2, 0) is 4.79 Å². The monoisotopic (exact) mass is 276 g/mol. The molecule has 20 heavy (non-hydrogen) atoms. The van der Waals surface area contributed by atoms with Gasteiger partial charge in [0.05, 0.1) is 11.5 Å². The molecule has 108 valence electrons. The Morgan fingerprint density at radius 3 is 2.55 bits per heavy atom. The third-order valence-corrected chi connectivity index (χ3v) is 3.92. The van der Waals surface area contributed by atoms with Crippen molar-refractivity contribution < 1.29 is 14.7 Å². The number of likely N-dealkylation sites (tertiary alicyclic amines) is 1. The molecule has 1 saturated heterocycles. The van der Waals surface area contributed by atoms with Gasteiger partial charge >= 0.3 is 12.0 Å². The quantitative estimate of drug-likeness (QED) is 0.889. The molecule has 2 rings (SSSR count). The van der Waals surface area contributed by atoms with Crippen molar-refractivity contribution in [1.29, 1.82) is 0 Å². The minimum Gasteiger partial charge on any atom is -0.481 e. The number of amides is 2. The molecule has 1 aliphatic rings. The molecule has 0 saturated carbocycles. The normalized spacial score (nSPS) is 23.4. The molecule has 1 unspecified atom stereocenters. The zero-order chi connectivity index (χ0) is 14.8. The summed E-state index contributed by atoms with van der Waals surface area (Å²) in [5, 5.41) is 12.1. The minimum atomic E-state index is -0.844. The predicted octanol–water partition coefficient (Wildman–Crippen LogP) is 2.25. The van der Waals surface area contributed by atoms with E-state index in [4.69, 9.17) is 0 Å². The Hall–Kier alpha value is -2.04. The Balaban J connectivity index is 1.95. The van der Waals surface area contributed by atoms with Gasteiger partial charge in [-0.05, 0) is 25.8 Å². The lowest BCUT2D eigenvalue weighted by Crippen LogP contribution is -2.41. The summed E-state index contributed by atoms with van der Waals surface area (Å²) in [4.78, 5) is 24.9. The maximum absolute atomic E-state index is 12.2. The molecule has 1 aromatic rings. The van der Waals surface area contributed by atoms with E-state index in [-0.39, 0.29) is 18.6 Å². The van der Waals surface area contributed by atoms with Crippen molar-refractivity contribution in [2.45, 2.75) is 26.3 Å². The topological polar surface area (TPSA) is 69.6 Å². The van der Waals surface area contributed by atoms with Gasteiger partial charge in [0.15, 0.2) is 0 Å². The maximum atomic E-state index is 12.2. The third kappa shape index (κ3) is 2.92. The average Bonchev–Trinajstić information content (AvgIpc) is 2.84. The summed E-state index contributed by atoms with van der Waals surface area (Å²) in [7, 11) is 0. The van der Waals surface area contributed by atoms with E-state index in [9.17, 15) is 14.7 Å². The number of carboxylic acids is 1. The zero-order valence-electron chi connectivity index (χ0n) is 11.8. The lowest BCUT2D eigenvalue weighted by molar-refractivity contribution is -0.146. The molecule has 1 aliphatic heterocycles. The van der Waals surface area contributed by atoms with Crippen molar-refractivity contribution >= 4 is 12.0 Å². The molecule has 2 N–H and O–H groups in total. The minimum absolute atomic E-state index is 0.0969. The van der Waals surface area contributed by atoms with Gasteiger partial charge < -0.3 is 15.3 Å². The van der Waals surface area contributed by atoms with Gasteiger partial charge in [-0.15, -0.1) is 0 Å². The SMILES string of the molecule is C[C@H](NC(=O)N1CCC(C)(C(=O)O)C1)c1ccccc1. The van der Waals surface area contributed by atoms with Gasteiger partial charge in [0, 0.05) is 13.1 Å². The standard InChI is InChI=1S/C15H20N2O3/c1-11(12-6-4-3-5-7-12)16-14(20)17-9-8-15(2,10-17)13(18)19/h3-7,11H,8-10H2,1-2H3,(H,16,20)(H,18,19)/t11-,15?/m0/s1. The third-order valence-electron chi connectivity index (χ3n) is 3.92. The Bertz CT molecular complexity index is 503. The number of carboxylic acid groups (broad SMARTS) is 1. The second-order valence-corrected chi connectivity index (χ2v) is 5.62. The first kappa shape index (κ1) is 14.4. The number of nitrogens with zero attached hydrogens (tertiary/aromatic N) is 1. The molecule has 2 amide bonds. The van der Waals surface area contributed by atoms with Gasteiger partial charge in [0.25, 0.3) is 0 Å². The average molecular weight is 276 g/mol. The van der Waals surface area contributed by atoms with Gasteiger partial charge in [-0.1, -0.05) is 30.3 Å². The fraction of sp³-hybridized carbons (Fsp3) is 0.467. The number of carbonyl (C=O) groups is 2. The van der Waals surface area contributed by atoms with Crippen LogP contribution in [0.5, 0.6) is 0 Å². The van der Waals surface area contributed by atoms with Crippen molar-refractivity contribution in [3.63, 3.8) is 0 Å². The largest absolute Gasteiger partial charge is 0.481 e. The van der Waals surface area contributed by atoms with Gasteiger partial charge in [0.2, 0.25) is 0 Å². The highest BCUT2D eigenvalue weighted by Crippen LogP contribution is 2.30. The number of carbonyl (C=O) groups excluding carboxylic acids is 1. The molecule has 0 aromatic heterocycles. The first-order valence-corrected chi connectivity index (χ1v) is 6.76. The molecule has 0 aliphatic carbocycles. The Morgan fingerprint density at radius 1 is 1.35 bits per heavy atom. The van der Waals surface area contributed by atoms with Crippen LogP contribution in [-0.4, -0.2) is 35.1 Å². The van der Waals surface area contributed by atoms with Crippen LogP contribution < -0.4 is 5.32 Å². The first-order chi connectivity index (χ1) is 9.42. The number of hydrogen-bond donors (Lipinski definition) is 2. The van der Waals surface area contributed by atoms with E-state index in [0.29, 0.717) is 13.0 Å². The Kier molecular flexibility index (Phi) is 3.97. The number of aliphatic carboxylic acids is 1. The molecule has 1 fully saturated rings.